The van der Waals surface area contributed by atoms with Crippen molar-refractivity contribution >= 4 is 11.6 Å². The van der Waals surface area contributed by atoms with Crippen LogP contribution in [0.5, 0.6) is 11.5 Å². The number of nitriles is 1. The Hall–Kier alpha value is -4.57. The zero-order chi connectivity index (χ0) is 22.3. The summed E-state index contributed by atoms with van der Waals surface area (Å²) >= 11 is 0. The third-order valence-corrected chi connectivity index (χ3v) is 4.74. The summed E-state index contributed by atoms with van der Waals surface area (Å²) in [7, 11) is 1.54. The molecule has 0 atom stereocenters. The summed E-state index contributed by atoms with van der Waals surface area (Å²) < 4.78 is 11.4. The lowest BCUT2D eigenvalue weighted by molar-refractivity contribution is 0.284. The van der Waals surface area contributed by atoms with Crippen LogP contribution >= 0.6 is 0 Å². The number of ether oxygens (including phenoxy) is 2. The van der Waals surface area contributed by atoms with E-state index in [4.69, 9.17) is 9.47 Å². The maximum Gasteiger partial charge on any atom is 0.270 e. The first-order valence-corrected chi connectivity index (χ1v) is 9.89. The molecule has 0 aliphatic rings. The van der Waals surface area contributed by atoms with Gasteiger partial charge in [0.15, 0.2) is 11.5 Å². The van der Waals surface area contributed by atoms with Gasteiger partial charge in [-0.1, -0.05) is 48.5 Å². The molecule has 0 amide bonds. The number of para-hydroxylation sites is 1. The topological polar surface area (TPSA) is 100 Å². The summed E-state index contributed by atoms with van der Waals surface area (Å²) in [5.74, 6) is 1.26. The van der Waals surface area contributed by atoms with Gasteiger partial charge in [-0.3, -0.25) is 9.78 Å². The molecule has 0 spiro atoms. The van der Waals surface area contributed by atoms with E-state index in [-0.39, 0.29) is 17.2 Å². The molecule has 7 nitrogen and oxygen atoms in total. The fourth-order valence-corrected chi connectivity index (χ4v) is 3.17. The first-order valence-electron chi connectivity index (χ1n) is 9.89. The highest BCUT2D eigenvalue weighted by molar-refractivity contribution is 5.70. The normalized spacial score (nSPS) is 10.2. The van der Waals surface area contributed by atoms with Gasteiger partial charge in [0.1, 0.15) is 18.2 Å². The molecule has 0 aliphatic heterocycles. The minimum absolute atomic E-state index is 0.0800. The van der Waals surface area contributed by atoms with E-state index in [1.807, 2.05) is 66.7 Å². The van der Waals surface area contributed by atoms with Crippen molar-refractivity contribution in [2.75, 3.05) is 12.4 Å². The van der Waals surface area contributed by atoms with Crippen molar-refractivity contribution in [1.82, 2.24) is 9.97 Å². The molecular weight excluding hydrogens is 404 g/mol. The van der Waals surface area contributed by atoms with Crippen LogP contribution in [0.15, 0.2) is 83.7 Å². The zero-order valence-electron chi connectivity index (χ0n) is 17.3. The van der Waals surface area contributed by atoms with Gasteiger partial charge in [-0.05, 0) is 35.9 Å². The Bertz CT molecular complexity index is 1310. The minimum Gasteiger partial charge on any atom is -0.493 e. The predicted octanol–water partition coefficient (Wildman–Crippen LogP) is 4.64. The molecule has 0 saturated carbocycles. The highest BCUT2D eigenvalue weighted by atomic mass is 16.5. The fraction of sp³-hybridized carbons (Fsp3) is 0.0800. The van der Waals surface area contributed by atoms with E-state index in [0.717, 1.165) is 11.3 Å². The molecule has 0 unspecified atom stereocenters. The van der Waals surface area contributed by atoms with Crippen molar-refractivity contribution in [1.29, 1.82) is 5.26 Å². The maximum atomic E-state index is 12.5. The van der Waals surface area contributed by atoms with Gasteiger partial charge in [0, 0.05) is 11.3 Å². The molecule has 0 bridgehead atoms. The van der Waals surface area contributed by atoms with Crippen molar-refractivity contribution in [2.45, 2.75) is 6.61 Å². The Labute approximate surface area is 184 Å². The molecule has 0 saturated heterocycles. The fourth-order valence-electron chi connectivity index (χ4n) is 3.17. The van der Waals surface area contributed by atoms with Crippen LogP contribution in [0.1, 0.15) is 11.1 Å². The average Bonchev–Trinajstić information content (AvgIpc) is 2.83. The van der Waals surface area contributed by atoms with Crippen LogP contribution in [0.4, 0.5) is 11.6 Å². The van der Waals surface area contributed by atoms with Crippen LogP contribution in [-0.4, -0.2) is 17.1 Å². The third kappa shape index (κ3) is 4.60. The number of anilines is 2. The van der Waals surface area contributed by atoms with Crippen LogP contribution in [0.25, 0.3) is 11.3 Å². The lowest BCUT2D eigenvalue weighted by atomic mass is 10.1. The van der Waals surface area contributed by atoms with Crippen molar-refractivity contribution in [3.05, 3.63) is 100 Å². The number of benzene rings is 3. The smallest absolute Gasteiger partial charge is 0.270 e. The van der Waals surface area contributed by atoms with Crippen molar-refractivity contribution in [3.63, 3.8) is 0 Å². The number of hydrogen-bond acceptors (Lipinski definition) is 6. The zero-order valence-corrected chi connectivity index (χ0v) is 17.3. The van der Waals surface area contributed by atoms with Crippen LogP contribution in [-0.2, 0) is 6.61 Å². The van der Waals surface area contributed by atoms with Crippen LogP contribution in [0, 0.1) is 11.3 Å². The third-order valence-electron chi connectivity index (χ3n) is 4.74. The number of methoxy groups -OCH3 is 1. The summed E-state index contributed by atoms with van der Waals surface area (Å²) in [6, 6.07) is 26.2. The molecule has 4 rings (SSSR count). The number of nitrogens with one attached hydrogen (secondary N) is 2. The number of nitrogens with zero attached hydrogens (tertiary/aromatic N) is 2. The highest BCUT2D eigenvalue weighted by Crippen LogP contribution is 2.33. The largest absolute Gasteiger partial charge is 0.493 e. The molecule has 1 heterocycles. The van der Waals surface area contributed by atoms with Crippen molar-refractivity contribution < 1.29 is 9.47 Å². The van der Waals surface area contributed by atoms with E-state index in [0.29, 0.717) is 23.7 Å². The predicted molar refractivity (Wildman–Crippen MR) is 122 cm³/mol. The monoisotopic (exact) mass is 424 g/mol. The van der Waals surface area contributed by atoms with Gasteiger partial charge in [0.25, 0.3) is 5.56 Å². The number of rotatable bonds is 7. The van der Waals surface area contributed by atoms with Gasteiger partial charge < -0.3 is 14.8 Å². The van der Waals surface area contributed by atoms with Gasteiger partial charge in [0.2, 0.25) is 5.95 Å². The molecule has 0 fully saturated rings. The summed E-state index contributed by atoms with van der Waals surface area (Å²) in [5.41, 5.74) is 1.99. The summed E-state index contributed by atoms with van der Waals surface area (Å²) in [6.45, 7) is 0.383. The molecule has 0 radical (unpaired) electrons. The van der Waals surface area contributed by atoms with Gasteiger partial charge in [-0.25, -0.2) is 4.98 Å². The number of hydrogen-bond donors (Lipinski definition) is 2. The van der Waals surface area contributed by atoms with E-state index in [9.17, 15) is 10.1 Å². The molecule has 7 heteroatoms. The molecular formula is C25H20N4O3. The molecule has 4 aromatic rings. The Morgan fingerprint density at radius 1 is 1.00 bits per heavy atom. The molecule has 1 aromatic heterocycles. The molecule has 158 valence electrons. The Morgan fingerprint density at radius 3 is 2.41 bits per heavy atom. The molecule has 3 aromatic carbocycles. The average molecular weight is 424 g/mol. The van der Waals surface area contributed by atoms with E-state index in [2.05, 4.69) is 15.3 Å². The quantitative estimate of drug-likeness (QED) is 0.448. The molecule has 32 heavy (non-hydrogen) atoms. The Balaban J connectivity index is 1.67. The summed E-state index contributed by atoms with van der Waals surface area (Å²) in [5, 5.41) is 12.6. The molecule has 0 aliphatic carbocycles. The first-order chi connectivity index (χ1) is 15.7. The van der Waals surface area contributed by atoms with E-state index in [1.165, 1.54) is 7.11 Å². The second-order valence-corrected chi connectivity index (χ2v) is 6.88. The van der Waals surface area contributed by atoms with Crippen LogP contribution < -0.4 is 20.3 Å². The second kappa shape index (κ2) is 9.49. The number of aromatic nitrogens is 2. The number of aromatic amines is 1. The van der Waals surface area contributed by atoms with Crippen LogP contribution in [0.2, 0.25) is 0 Å². The first kappa shape index (κ1) is 20.7. The Kier molecular flexibility index (Phi) is 6.14. The summed E-state index contributed by atoms with van der Waals surface area (Å²) in [6.07, 6.45) is 0. The van der Waals surface area contributed by atoms with Crippen molar-refractivity contribution in [3.8, 4) is 28.8 Å². The van der Waals surface area contributed by atoms with E-state index in [1.54, 1.807) is 18.2 Å². The Morgan fingerprint density at radius 2 is 1.72 bits per heavy atom. The van der Waals surface area contributed by atoms with Crippen molar-refractivity contribution in [2.24, 2.45) is 0 Å². The maximum absolute atomic E-state index is 12.5. The van der Waals surface area contributed by atoms with Gasteiger partial charge in [-0.15, -0.1) is 0 Å². The van der Waals surface area contributed by atoms with Gasteiger partial charge in [0.05, 0.1) is 12.8 Å². The van der Waals surface area contributed by atoms with Gasteiger partial charge >= 0.3 is 0 Å². The lowest BCUT2D eigenvalue weighted by Gasteiger charge is -2.13. The molecule has 2 N–H and O–H groups in total. The highest BCUT2D eigenvalue weighted by Gasteiger charge is 2.16. The van der Waals surface area contributed by atoms with E-state index < -0.39 is 5.56 Å². The van der Waals surface area contributed by atoms with Gasteiger partial charge in [-0.2, -0.15) is 5.26 Å². The second-order valence-electron chi connectivity index (χ2n) is 6.88. The standard InChI is InChI=1S/C25H20N4O3/c1-31-22-14-18(12-13-21(22)32-16-17-8-4-2-5-9-17)23-20(15-26)24(30)29-25(28-23)27-19-10-6-3-7-11-19/h2-14H,16H2,1H3,(H2,27,28,29,30). The summed E-state index contributed by atoms with van der Waals surface area (Å²) in [4.78, 5) is 19.6. The van der Waals surface area contributed by atoms with Crippen LogP contribution in [0.3, 0.4) is 0 Å². The SMILES string of the molecule is COc1cc(-c2nc(Nc3ccccc3)[nH]c(=O)c2C#N)ccc1OCc1ccccc1. The number of H-pyrrole nitrogens is 1. The van der Waals surface area contributed by atoms with E-state index >= 15 is 0 Å². The minimum atomic E-state index is -0.528. The lowest BCUT2D eigenvalue weighted by Crippen LogP contribution is -2.16.